The molecule has 0 amide bonds. The van der Waals surface area contributed by atoms with Crippen LogP contribution in [0.4, 0.5) is 5.82 Å². The van der Waals surface area contributed by atoms with Crippen LogP contribution in [0.2, 0.25) is 0 Å². The molecular formula is C9H15N3. The maximum atomic E-state index is 4.22. The Labute approximate surface area is 73.2 Å². The number of nitrogens with one attached hydrogen (secondary N) is 2. The third kappa shape index (κ3) is 1.95. The zero-order valence-electron chi connectivity index (χ0n) is 7.76. The van der Waals surface area contributed by atoms with Gasteiger partial charge in [0.05, 0.1) is 0 Å². The minimum Gasteiger partial charge on any atom is -0.373 e. The summed E-state index contributed by atoms with van der Waals surface area (Å²) in [7, 11) is 3.81. The van der Waals surface area contributed by atoms with Gasteiger partial charge in [0.1, 0.15) is 5.82 Å². The summed E-state index contributed by atoms with van der Waals surface area (Å²) < 4.78 is 0. The molecule has 1 rings (SSSR count). The normalized spacial score (nSPS) is 12.6. The zero-order chi connectivity index (χ0) is 8.97. The first-order valence-electron chi connectivity index (χ1n) is 4.09. The number of aromatic nitrogens is 1. The molecule has 0 saturated carbocycles. The van der Waals surface area contributed by atoms with E-state index in [1.165, 1.54) is 5.56 Å². The fraction of sp³-hybridized carbons (Fsp3) is 0.444. The van der Waals surface area contributed by atoms with Crippen LogP contribution in [0.5, 0.6) is 0 Å². The molecule has 0 aliphatic rings. The van der Waals surface area contributed by atoms with Crippen LogP contribution in [-0.4, -0.2) is 19.1 Å². The molecule has 0 unspecified atom stereocenters. The second-order valence-corrected chi connectivity index (χ2v) is 2.74. The minimum atomic E-state index is 0.364. The van der Waals surface area contributed by atoms with Crippen molar-refractivity contribution in [2.75, 3.05) is 19.4 Å². The van der Waals surface area contributed by atoms with Gasteiger partial charge in [-0.25, -0.2) is 4.98 Å². The molecular weight excluding hydrogens is 150 g/mol. The Morgan fingerprint density at radius 3 is 2.50 bits per heavy atom. The van der Waals surface area contributed by atoms with Gasteiger partial charge in [-0.15, -0.1) is 0 Å². The van der Waals surface area contributed by atoms with E-state index in [4.69, 9.17) is 0 Å². The fourth-order valence-corrected chi connectivity index (χ4v) is 0.976. The molecule has 0 saturated heterocycles. The zero-order valence-corrected chi connectivity index (χ0v) is 7.76. The summed E-state index contributed by atoms with van der Waals surface area (Å²) in [6.07, 6.45) is 1.88. The van der Waals surface area contributed by atoms with E-state index in [0.717, 1.165) is 5.82 Å². The van der Waals surface area contributed by atoms with E-state index in [1.54, 1.807) is 0 Å². The first-order valence-corrected chi connectivity index (χ1v) is 4.09. The molecule has 1 aromatic rings. The van der Waals surface area contributed by atoms with Crippen molar-refractivity contribution in [3.63, 3.8) is 0 Å². The van der Waals surface area contributed by atoms with Crippen LogP contribution < -0.4 is 10.6 Å². The van der Waals surface area contributed by atoms with E-state index in [2.05, 4.69) is 28.6 Å². The summed E-state index contributed by atoms with van der Waals surface area (Å²) in [5, 5.41) is 6.14. The summed E-state index contributed by atoms with van der Waals surface area (Å²) >= 11 is 0. The molecule has 1 heterocycles. The molecule has 2 N–H and O–H groups in total. The minimum absolute atomic E-state index is 0.364. The lowest BCUT2D eigenvalue weighted by atomic mass is 10.1. The van der Waals surface area contributed by atoms with E-state index >= 15 is 0 Å². The third-order valence-corrected chi connectivity index (χ3v) is 1.98. The Kier molecular flexibility index (Phi) is 3.05. The Morgan fingerprint density at radius 1 is 1.33 bits per heavy atom. The molecule has 0 spiro atoms. The molecule has 3 nitrogen and oxygen atoms in total. The van der Waals surface area contributed by atoms with Gasteiger partial charge in [0.2, 0.25) is 0 Å². The van der Waals surface area contributed by atoms with Gasteiger partial charge in [-0.2, -0.15) is 0 Å². The van der Waals surface area contributed by atoms with Gasteiger partial charge in [0.25, 0.3) is 0 Å². The van der Waals surface area contributed by atoms with Crippen molar-refractivity contribution in [1.29, 1.82) is 0 Å². The molecule has 0 fully saturated rings. The predicted octanol–water partition coefficient (Wildman–Crippen LogP) is 1.40. The first-order chi connectivity index (χ1) is 5.77. The quantitative estimate of drug-likeness (QED) is 0.711. The molecule has 0 aliphatic heterocycles. The molecule has 1 aromatic heterocycles. The number of nitrogens with zero attached hydrogens (tertiary/aromatic N) is 1. The SMILES string of the molecule is CNc1ccc([C@H](C)NC)cn1. The van der Waals surface area contributed by atoms with Gasteiger partial charge in [-0.3, -0.25) is 0 Å². The highest BCUT2D eigenvalue weighted by molar-refractivity contribution is 5.35. The average molecular weight is 165 g/mol. The maximum absolute atomic E-state index is 4.22. The lowest BCUT2D eigenvalue weighted by Crippen LogP contribution is -2.12. The van der Waals surface area contributed by atoms with Crippen LogP contribution in [0.1, 0.15) is 18.5 Å². The molecule has 0 aliphatic carbocycles. The van der Waals surface area contributed by atoms with E-state index in [9.17, 15) is 0 Å². The lowest BCUT2D eigenvalue weighted by Gasteiger charge is -2.09. The Bertz CT molecular complexity index is 230. The molecule has 0 aromatic carbocycles. The topological polar surface area (TPSA) is 37.0 Å². The number of hydrogen-bond donors (Lipinski definition) is 2. The van der Waals surface area contributed by atoms with Crippen molar-refractivity contribution in [3.8, 4) is 0 Å². The van der Waals surface area contributed by atoms with Crippen molar-refractivity contribution in [3.05, 3.63) is 23.9 Å². The van der Waals surface area contributed by atoms with Crippen molar-refractivity contribution < 1.29 is 0 Å². The van der Waals surface area contributed by atoms with Crippen molar-refractivity contribution >= 4 is 5.82 Å². The van der Waals surface area contributed by atoms with E-state index in [1.807, 2.05) is 26.4 Å². The predicted molar refractivity (Wildman–Crippen MR) is 51.3 cm³/mol. The van der Waals surface area contributed by atoms with Crippen LogP contribution in [0, 0.1) is 0 Å². The fourth-order valence-electron chi connectivity index (χ4n) is 0.976. The largest absolute Gasteiger partial charge is 0.373 e. The second kappa shape index (κ2) is 4.07. The van der Waals surface area contributed by atoms with E-state index in [-0.39, 0.29) is 0 Å². The summed E-state index contributed by atoms with van der Waals surface area (Å²) in [4.78, 5) is 4.22. The maximum Gasteiger partial charge on any atom is 0.125 e. The summed E-state index contributed by atoms with van der Waals surface area (Å²) in [6, 6.07) is 4.41. The van der Waals surface area contributed by atoms with Gasteiger partial charge >= 0.3 is 0 Å². The number of rotatable bonds is 3. The van der Waals surface area contributed by atoms with Gasteiger partial charge < -0.3 is 10.6 Å². The summed E-state index contributed by atoms with van der Waals surface area (Å²) in [5.74, 6) is 0.905. The smallest absolute Gasteiger partial charge is 0.125 e. The highest BCUT2D eigenvalue weighted by atomic mass is 15.0. The van der Waals surface area contributed by atoms with Crippen LogP contribution in [0.25, 0.3) is 0 Å². The van der Waals surface area contributed by atoms with Crippen molar-refractivity contribution in [2.24, 2.45) is 0 Å². The van der Waals surface area contributed by atoms with E-state index in [0.29, 0.717) is 6.04 Å². The number of anilines is 1. The Morgan fingerprint density at radius 2 is 2.08 bits per heavy atom. The monoisotopic (exact) mass is 165 g/mol. The third-order valence-electron chi connectivity index (χ3n) is 1.98. The highest BCUT2D eigenvalue weighted by Gasteiger charge is 2.01. The van der Waals surface area contributed by atoms with Gasteiger partial charge in [0.15, 0.2) is 0 Å². The summed E-state index contributed by atoms with van der Waals surface area (Å²) in [6.45, 7) is 2.11. The van der Waals surface area contributed by atoms with Crippen LogP contribution >= 0.6 is 0 Å². The summed E-state index contributed by atoms with van der Waals surface area (Å²) in [5.41, 5.74) is 1.21. The molecule has 66 valence electrons. The molecule has 0 bridgehead atoms. The van der Waals surface area contributed by atoms with Crippen LogP contribution in [0.15, 0.2) is 18.3 Å². The first kappa shape index (κ1) is 9.00. The van der Waals surface area contributed by atoms with Gasteiger partial charge in [-0.1, -0.05) is 6.07 Å². The Balaban J connectivity index is 2.77. The van der Waals surface area contributed by atoms with E-state index < -0.39 is 0 Å². The lowest BCUT2D eigenvalue weighted by molar-refractivity contribution is 0.650. The number of hydrogen-bond acceptors (Lipinski definition) is 3. The second-order valence-electron chi connectivity index (χ2n) is 2.74. The van der Waals surface area contributed by atoms with Crippen molar-refractivity contribution in [1.82, 2.24) is 10.3 Å². The van der Waals surface area contributed by atoms with Gasteiger partial charge in [0, 0.05) is 19.3 Å². The molecule has 3 heteroatoms. The van der Waals surface area contributed by atoms with Crippen LogP contribution in [-0.2, 0) is 0 Å². The number of pyridine rings is 1. The van der Waals surface area contributed by atoms with Crippen LogP contribution in [0.3, 0.4) is 0 Å². The van der Waals surface area contributed by atoms with Gasteiger partial charge in [-0.05, 0) is 25.6 Å². The standard InChI is InChI=1S/C9H15N3/c1-7(10-2)8-4-5-9(11-3)12-6-8/h4-7,10H,1-3H3,(H,11,12)/t7-/m0/s1. The molecule has 12 heavy (non-hydrogen) atoms. The highest BCUT2D eigenvalue weighted by Crippen LogP contribution is 2.11. The average Bonchev–Trinajstić information content (AvgIpc) is 2.17. The Hall–Kier alpha value is -1.09. The van der Waals surface area contributed by atoms with Crippen molar-refractivity contribution in [2.45, 2.75) is 13.0 Å². The molecule has 0 radical (unpaired) electrons. The molecule has 1 atom stereocenters.